The van der Waals surface area contributed by atoms with Gasteiger partial charge in [-0.15, -0.1) is 5.10 Å². The predicted octanol–water partition coefficient (Wildman–Crippen LogP) is 0.993. The minimum absolute atomic E-state index is 0.0374. The summed E-state index contributed by atoms with van der Waals surface area (Å²) in [5.41, 5.74) is 1.59. The van der Waals surface area contributed by atoms with Crippen molar-refractivity contribution in [2.24, 2.45) is 0 Å². The summed E-state index contributed by atoms with van der Waals surface area (Å²) in [5.74, 6) is 0.698. The number of nitrogens with zero attached hydrogens (tertiary/aromatic N) is 3. The Hall–Kier alpha value is -1.62. The van der Waals surface area contributed by atoms with E-state index in [0.717, 1.165) is 11.0 Å². The highest BCUT2D eigenvalue weighted by Crippen LogP contribution is 2.24. The van der Waals surface area contributed by atoms with Crippen LogP contribution in [0.5, 0.6) is 5.75 Å². The fourth-order valence-corrected chi connectivity index (χ4v) is 1.50. The number of hydrogen-bond donors (Lipinski definition) is 1. The Morgan fingerprint density at radius 1 is 1.53 bits per heavy atom. The van der Waals surface area contributed by atoms with Gasteiger partial charge in [0.15, 0.2) is 5.52 Å². The molecular formula is C10H13N3O2. The summed E-state index contributed by atoms with van der Waals surface area (Å²) in [7, 11) is 1.60. The van der Waals surface area contributed by atoms with Gasteiger partial charge in [0.1, 0.15) is 5.75 Å². The van der Waals surface area contributed by atoms with Gasteiger partial charge >= 0.3 is 0 Å². The van der Waals surface area contributed by atoms with E-state index < -0.39 is 0 Å². The van der Waals surface area contributed by atoms with Gasteiger partial charge in [0.25, 0.3) is 0 Å². The first-order chi connectivity index (χ1) is 7.27. The van der Waals surface area contributed by atoms with Gasteiger partial charge < -0.3 is 9.84 Å². The number of aliphatic hydroxyl groups excluding tert-OH is 1. The van der Waals surface area contributed by atoms with E-state index in [1.54, 1.807) is 11.8 Å². The molecule has 2 aromatic rings. The second kappa shape index (κ2) is 3.86. The maximum Gasteiger partial charge on any atom is 0.155 e. The van der Waals surface area contributed by atoms with Crippen LogP contribution in [0.25, 0.3) is 11.0 Å². The summed E-state index contributed by atoms with van der Waals surface area (Å²) >= 11 is 0. The number of fused-ring (bicyclic) bond motifs is 1. The van der Waals surface area contributed by atoms with Gasteiger partial charge in [-0.2, -0.15) is 0 Å². The van der Waals surface area contributed by atoms with Crippen molar-refractivity contribution in [3.63, 3.8) is 0 Å². The molecule has 15 heavy (non-hydrogen) atoms. The maximum atomic E-state index is 9.07. The molecule has 0 aliphatic rings. The van der Waals surface area contributed by atoms with Crippen LogP contribution in [-0.2, 0) is 0 Å². The molecule has 1 N–H and O–H groups in total. The van der Waals surface area contributed by atoms with E-state index in [0.29, 0.717) is 5.75 Å². The number of rotatable bonds is 3. The Kier molecular flexibility index (Phi) is 2.55. The van der Waals surface area contributed by atoms with Crippen molar-refractivity contribution in [3.8, 4) is 5.75 Å². The van der Waals surface area contributed by atoms with Gasteiger partial charge in [-0.25, -0.2) is 4.68 Å². The molecular weight excluding hydrogens is 194 g/mol. The number of ether oxygens (including phenoxy) is 1. The molecule has 1 atom stereocenters. The molecule has 1 unspecified atom stereocenters. The van der Waals surface area contributed by atoms with E-state index in [9.17, 15) is 0 Å². The summed E-state index contributed by atoms with van der Waals surface area (Å²) in [6.07, 6.45) is 0. The Morgan fingerprint density at radius 3 is 3.00 bits per heavy atom. The third kappa shape index (κ3) is 1.55. The molecule has 0 bridgehead atoms. The first kappa shape index (κ1) is 9.92. The minimum Gasteiger partial charge on any atom is -0.494 e. The molecule has 0 fully saturated rings. The van der Waals surface area contributed by atoms with Crippen LogP contribution >= 0.6 is 0 Å². The third-order valence-electron chi connectivity index (χ3n) is 2.37. The van der Waals surface area contributed by atoms with Gasteiger partial charge in [-0.1, -0.05) is 11.3 Å². The number of aliphatic hydroxyl groups is 1. The Morgan fingerprint density at radius 2 is 2.33 bits per heavy atom. The van der Waals surface area contributed by atoms with Crippen molar-refractivity contribution in [2.45, 2.75) is 13.0 Å². The van der Waals surface area contributed by atoms with Crippen molar-refractivity contribution >= 4 is 11.0 Å². The molecule has 0 aliphatic heterocycles. The molecule has 0 radical (unpaired) electrons. The highest BCUT2D eigenvalue weighted by molar-refractivity contribution is 5.81. The SMILES string of the molecule is COc1cccc2c1nnn2C(C)CO. The van der Waals surface area contributed by atoms with Crippen molar-refractivity contribution < 1.29 is 9.84 Å². The summed E-state index contributed by atoms with van der Waals surface area (Å²) in [5, 5.41) is 17.1. The normalized spacial score (nSPS) is 13.0. The number of methoxy groups -OCH3 is 1. The molecule has 0 saturated heterocycles. The average Bonchev–Trinajstić information content (AvgIpc) is 2.71. The van der Waals surface area contributed by atoms with Crippen LogP contribution in [0.4, 0.5) is 0 Å². The lowest BCUT2D eigenvalue weighted by Gasteiger charge is -2.08. The molecule has 1 heterocycles. The third-order valence-corrected chi connectivity index (χ3v) is 2.37. The zero-order valence-corrected chi connectivity index (χ0v) is 8.71. The van der Waals surface area contributed by atoms with Gasteiger partial charge in [-0.3, -0.25) is 0 Å². The van der Waals surface area contributed by atoms with Gasteiger partial charge in [0.2, 0.25) is 0 Å². The molecule has 1 aromatic heterocycles. The van der Waals surface area contributed by atoms with E-state index in [4.69, 9.17) is 9.84 Å². The summed E-state index contributed by atoms with van der Waals surface area (Å²) in [4.78, 5) is 0. The van der Waals surface area contributed by atoms with Crippen LogP contribution in [0.15, 0.2) is 18.2 Å². The fraction of sp³-hybridized carbons (Fsp3) is 0.400. The van der Waals surface area contributed by atoms with Crippen molar-refractivity contribution in [1.82, 2.24) is 15.0 Å². The van der Waals surface area contributed by atoms with E-state index in [1.165, 1.54) is 0 Å². The quantitative estimate of drug-likeness (QED) is 0.815. The van der Waals surface area contributed by atoms with E-state index in [-0.39, 0.29) is 12.6 Å². The van der Waals surface area contributed by atoms with Crippen LogP contribution in [0.3, 0.4) is 0 Å². The van der Waals surface area contributed by atoms with E-state index >= 15 is 0 Å². The number of aromatic nitrogens is 3. The predicted molar refractivity (Wildman–Crippen MR) is 55.9 cm³/mol. The maximum absolute atomic E-state index is 9.07. The zero-order valence-electron chi connectivity index (χ0n) is 8.71. The molecule has 2 rings (SSSR count). The van der Waals surface area contributed by atoms with Gasteiger partial charge in [-0.05, 0) is 19.1 Å². The van der Waals surface area contributed by atoms with Crippen LogP contribution in [-0.4, -0.2) is 33.8 Å². The second-order valence-corrected chi connectivity index (χ2v) is 3.39. The first-order valence-electron chi connectivity index (χ1n) is 4.76. The monoisotopic (exact) mass is 207 g/mol. The van der Waals surface area contributed by atoms with Crippen molar-refractivity contribution in [2.75, 3.05) is 13.7 Å². The molecule has 1 aromatic carbocycles. The first-order valence-corrected chi connectivity index (χ1v) is 4.76. The Bertz CT molecular complexity index is 467. The fourth-order valence-electron chi connectivity index (χ4n) is 1.50. The molecule has 5 nitrogen and oxygen atoms in total. The van der Waals surface area contributed by atoms with E-state index in [2.05, 4.69) is 10.3 Å². The van der Waals surface area contributed by atoms with Crippen LogP contribution < -0.4 is 4.74 Å². The zero-order chi connectivity index (χ0) is 10.8. The molecule has 0 aliphatic carbocycles. The van der Waals surface area contributed by atoms with Gasteiger partial charge in [0.05, 0.1) is 25.3 Å². The van der Waals surface area contributed by atoms with Crippen molar-refractivity contribution in [1.29, 1.82) is 0 Å². The lowest BCUT2D eigenvalue weighted by molar-refractivity contribution is 0.231. The summed E-state index contributed by atoms with van der Waals surface area (Å²) < 4.78 is 6.87. The smallest absolute Gasteiger partial charge is 0.155 e. The molecule has 0 spiro atoms. The van der Waals surface area contributed by atoms with E-state index in [1.807, 2.05) is 25.1 Å². The molecule has 80 valence electrons. The summed E-state index contributed by atoms with van der Waals surface area (Å²) in [6, 6.07) is 5.54. The number of hydrogen-bond acceptors (Lipinski definition) is 4. The molecule has 0 amide bonds. The highest BCUT2D eigenvalue weighted by atomic mass is 16.5. The lowest BCUT2D eigenvalue weighted by Crippen LogP contribution is -2.10. The largest absolute Gasteiger partial charge is 0.494 e. The second-order valence-electron chi connectivity index (χ2n) is 3.39. The minimum atomic E-state index is -0.0814. The Labute approximate surface area is 87.3 Å². The highest BCUT2D eigenvalue weighted by Gasteiger charge is 2.12. The van der Waals surface area contributed by atoms with Gasteiger partial charge in [0, 0.05) is 0 Å². The molecule has 5 heteroatoms. The lowest BCUT2D eigenvalue weighted by atomic mass is 10.2. The standard InChI is InChI=1S/C10H13N3O2/c1-7(6-14)13-8-4-3-5-9(15-2)10(8)11-12-13/h3-5,7,14H,6H2,1-2H3. The van der Waals surface area contributed by atoms with Crippen LogP contribution in [0.2, 0.25) is 0 Å². The summed E-state index contributed by atoms with van der Waals surface area (Å²) in [6.45, 7) is 1.92. The van der Waals surface area contributed by atoms with Crippen molar-refractivity contribution in [3.05, 3.63) is 18.2 Å². The van der Waals surface area contributed by atoms with Crippen LogP contribution in [0, 0.1) is 0 Å². The molecule has 0 saturated carbocycles. The Balaban J connectivity index is 2.60. The topological polar surface area (TPSA) is 60.2 Å². The van der Waals surface area contributed by atoms with Crippen LogP contribution in [0.1, 0.15) is 13.0 Å². The average molecular weight is 207 g/mol. The number of benzene rings is 1.